The van der Waals surface area contributed by atoms with Crippen molar-refractivity contribution in [3.05, 3.63) is 70.9 Å². The molecule has 138 valence electrons. The third kappa shape index (κ3) is 3.33. The molecule has 0 saturated heterocycles. The molecule has 2 aromatic carbocycles. The molecule has 0 atom stereocenters. The number of nitrogens with zero attached hydrogens (tertiary/aromatic N) is 2. The maximum absolute atomic E-state index is 12.6. The highest BCUT2D eigenvalue weighted by Gasteiger charge is 2.31. The molecule has 27 heavy (non-hydrogen) atoms. The van der Waals surface area contributed by atoms with Crippen molar-refractivity contribution in [2.45, 2.75) is 13.8 Å². The minimum atomic E-state index is -0.665. The van der Waals surface area contributed by atoms with E-state index in [1.807, 2.05) is 50.2 Å². The van der Waals surface area contributed by atoms with Gasteiger partial charge in [0.25, 0.3) is 0 Å². The van der Waals surface area contributed by atoms with E-state index in [4.69, 9.17) is 9.47 Å². The van der Waals surface area contributed by atoms with Crippen LogP contribution in [0.25, 0.3) is 16.9 Å². The third-order valence-corrected chi connectivity index (χ3v) is 4.43. The molecule has 6 nitrogen and oxygen atoms in total. The van der Waals surface area contributed by atoms with Gasteiger partial charge in [0.05, 0.1) is 19.9 Å². The molecular weight excluding hydrogens is 344 g/mol. The standard InChI is InChI=1S/C21H20N2O4/c1-13-10-11-15(12-14(13)2)18-17(20(24)26-3)19(21(25)27-4)23(22-18)16-8-6-5-7-9-16/h5-12H,1-4H3. The molecule has 0 N–H and O–H groups in total. The zero-order chi connectivity index (χ0) is 19.6. The number of hydrogen-bond donors (Lipinski definition) is 0. The summed E-state index contributed by atoms with van der Waals surface area (Å²) < 4.78 is 11.3. The Morgan fingerprint density at radius 2 is 1.56 bits per heavy atom. The summed E-state index contributed by atoms with van der Waals surface area (Å²) >= 11 is 0. The summed E-state index contributed by atoms with van der Waals surface area (Å²) in [6, 6.07) is 14.8. The van der Waals surface area contributed by atoms with Crippen LogP contribution < -0.4 is 0 Å². The topological polar surface area (TPSA) is 70.4 Å². The number of methoxy groups -OCH3 is 2. The van der Waals surface area contributed by atoms with Gasteiger partial charge in [-0.2, -0.15) is 5.10 Å². The van der Waals surface area contributed by atoms with Crippen LogP contribution in [-0.4, -0.2) is 35.9 Å². The van der Waals surface area contributed by atoms with Crippen molar-refractivity contribution in [2.75, 3.05) is 14.2 Å². The van der Waals surface area contributed by atoms with Crippen molar-refractivity contribution < 1.29 is 19.1 Å². The van der Waals surface area contributed by atoms with Gasteiger partial charge < -0.3 is 9.47 Å². The normalized spacial score (nSPS) is 10.5. The Bertz CT molecular complexity index is 1010. The average molecular weight is 364 g/mol. The van der Waals surface area contributed by atoms with Gasteiger partial charge in [-0.05, 0) is 43.2 Å². The van der Waals surface area contributed by atoms with Crippen LogP contribution in [-0.2, 0) is 9.47 Å². The van der Waals surface area contributed by atoms with Gasteiger partial charge in [0.1, 0.15) is 11.3 Å². The van der Waals surface area contributed by atoms with Gasteiger partial charge in [-0.1, -0.05) is 30.3 Å². The van der Waals surface area contributed by atoms with E-state index in [0.717, 1.165) is 16.7 Å². The number of ether oxygens (including phenoxy) is 2. The van der Waals surface area contributed by atoms with E-state index in [2.05, 4.69) is 5.10 Å². The monoisotopic (exact) mass is 364 g/mol. The van der Waals surface area contributed by atoms with Crippen molar-refractivity contribution in [2.24, 2.45) is 0 Å². The van der Waals surface area contributed by atoms with Crippen LogP contribution in [0.4, 0.5) is 0 Å². The number of carbonyl (C=O) groups is 2. The number of carbonyl (C=O) groups excluding carboxylic acids is 2. The smallest absolute Gasteiger partial charge is 0.357 e. The summed E-state index contributed by atoms with van der Waals surface area (Å²) in [6.07, 6.45) is 0. The molecule has 0 aliphatic heterocycles. The predicted molar refractivity (Wildman–Crippen MR) is 101 cm³/mol. The summed E-state index contributed by atoms with van der Waals surface area (Å²) in [5.74, 6) is -1.31. The van der Waals surface area contributed by atoms with Gasteiger partial charge in [-0.3, -0.25) is 0 Å². The fourth-order valence-electron chi connectivity index (χ4n) is 2.85. The van der Waals surface area contributed by atoms with E-state index >= 15 is 0 Å². The molecule has 3 rings (SSSR count). The van der Waals surface area contributed by atoms with Crippen LogP contribution in [0.2, 0.25) is 0 Å². The summed E-state index contributed by atoms with van der Waals surface area (Å²) in [4.78, 5) is 25.1. The fourth-order valence-corrected chi connectivity index (χ4v) is 2.85. The summed E-state index contributed by atoms with van der Waals surface area (Å²) in [6.45, 7) is 3.98. The summed E-state index contributed by atoms with van der Waals surface area (Å²) in [5, 5.41) is 4.57. The molecule has 3 aromatic rings. The van der Waals surface area contributed by atoms with E-state index in [-0.39, 0.29) is 11.3 Å². The maximum atomic E-state index is 12.6. The Hall–Kier alpha value is -3.41. The van der Waals surface area contributed by atoms with Crippen LogP contribution in [0.15, 0.2) is 48.5 Å². The fraction of sp³-hybridized carbons (Fsp3) is 0.190. The summed E-state index contributed by atoms with van der Waals surface area (Å²) in [7, 11) is 2.54. The minimum absolute atomic E-state index is 0.0313. The van der Waals surface area contributed by atoms with Crippen molar-refractivity contribution in [3.63, 3.8) is 0 Å². The van der Waals surface area contributed by atoms with E-state index in [1.54, 1.807) is 12.1 Å². The maximum Gasteiger partial charge on any atom is 0.357 e. The number of hydrogen-bond acceptors (Lipinski definition) is 5. The molecular formula is C21H20N2O4. The molecule has 6 heteroatoms. The Morgan fingerprint density at radius 3 is 2.15 bits per heavy atom. The van der Waals surface area contributed by atoms with Gasteiger partial charge in [0.15, 0.2) is 5.69 Å². The number of para-hydroxylation sites is 1. The summed E-state index contributed by atoms with van der Waals surface area (Å²) in [5.41, 5.74) is 4.01. The Labute approximate surface area is 157 Å². The van der Waals surface area contributed by atoms with Crippen LogP contribution in [0.5, 0.6) is 0 Å². The van der Waals surface area contributed by atoms with E-state index in [1.165, 1.54) is 18.9 Å². The third-order valence-electron chi connectivity index (χ3n) is 4.43. The lowest BCUT2D eigenvalue weighted by Gasteiger charge is -2.07. The lowest BCUT2D eigenvalue weighted by atomic mass is 10.0. The van der Waals surface area contributed by atoms with E-state index in [0.29, 0.717) is 11.4 Å². The molecule has 0 spiro atoms. The van der Waals surface area contributed by atoms with Gasteiger partial charge in [0.2, 0.25) is 0 Å². The number of aryl methyl sites for hydroxylation is 2. The first-order chi connectivity index (χ1) is 13.0. The zero-order valence-electron chi connectivity index (χ0n) is 15.6. The molecule has 0 aliphatic carbocycles. The Balaban J connectivity index is 2.36. The van der Waals surface area contributed by atoms with Crippen molar-refractivity contribution in [1.29, 1.82) is 0 Å². The SMILES string of the molecule is COC(=O)c1c(-c2ccc(C)c(C)c2)nn(-c2ccccc2)c1C(=O)OC. The molecule has 0 bridgehead atoms. The predicted octanol–water partition coefficient (Wildman–Crippen LogP) is 3.73. The second-order valence-electron chi connectivity index (χ2n) is 6.10. The number of rotatable bonds is 4. The van der Waals surface area contributed by atoms with Gasteiger partial charge in [-0.15, -0.1) is 0 Å². The highest BCUT2D eigenvalue weighted by molar-refractivity contribution is 6.06. The lowest BCUT2D eigenvalue weighted by molar-refractivity contribution is 0.0549. The van der Waals surface area contributed by atoms with Crippen LogP contribution >= 0.6 is 0 Å². The lowest BCUT2D eigenvalue weighted by Crippen LogP contribution is -2.15. The van der Waals surface area contributed by atoms with Crippen LogP contribution in [0.1, 0.15) is 32.0 Å². The minimum Gasteiger partial charge on any atom is -0.465 e. The Morgan fingerprint density at radius 1 is 0.889 bits per heavy atom. The first kappa shape index (κ1) is 18.4. The van der Waals surface area contributed by atoms with Crippen LogP contribution in [0, 0.1) is 13.8 Å². The van der Waals surface area contributed by atoms with Gasteiger partial charge in [0, 0.05) is 5.56 Å². The highest BCUT2D eigenvalue weighted by atomic mass is 16.5. The molecule has 0 unspecified atom stereocenters. The zero-order valence-corrected chi connectivity index (χ0v) is 15.6. The first-order valence-corrected chi connectivity index (χ1v) is 8.40. The molecule has 0 amide bonds. The molecule has 0 aliphatic rings. The molecule has 1 aromatic heterocycles. The molecule has 0 fully saturated rings. The highest BCUT2D eigenvalue weighted by Crippen LogP contribution is 2.30. The molecule has 0 saturated carbocycles. The number of esters is 2. The van der Waals surface area contributed by atoms with Gasteiger partial charge in [-0.25, -0.2) is 14.3 Å². The van der Waals surface area contributed by atoms with Crippen molar-refractivity contribution in [1.82, 2.24) is 9.78 Å². The largest absolute Gasteiger partial charge is 0.465 e. The van der Waals surface area contributed by atoms with Crippen molar-refractivity contribution in [3.8, 4) is 16.9 Å². The number of benzene rings is 2. The molecule has 1 heterocycles. The van der Waals surface area contributed by atoms with E-state index in [9.17, 15) is 9.59 Å². The first-order valence-electron chi connectivity index (χ1n) is 8.40. The van der Waals surface area contributed by atoms with E-state index < -0.39 is 11.9 Å². The quantitative estimate of drug-likeness (QED) is 0.660. The second kappa shape index (κ2) is 7.45. The number of aromatic nitrogens is 2. The molecule has 0 radical (unpaired) electrons. The average Bonchev–Trinajstić information content (AvgIpc) is 3.10. The van der Waals surface area contributed by atoms with Crippen LogP contribution in [0.3, 0.4) is 0 Å². The second-order valence-corrected chi connectivity index (χ2v) is 6.10. The van der Waals surface area contributed by atoms with Gasteiger partial charge >= 0.3 is 11.9 Å². The Kier molecular flexibility index (Phi) is 5.07. The van der Waals surface area contributed by atoms with Crippen molar-refractivity contribution >= 4 is 11.9 Å².